The van der Waals surface area contributed by atoms with Crippen molar-refractivity contribution in [1.82, 2.24) is 0 Å². The predicted molar refractivity (Wildman–Crippen MR) is 90.1 cm³/mol. The Labute approximate surface area is 133 Å². The molecule has 1 aliphatic carbocycles. The number of hydrogen-bond donors (Lipinski definition) is 0. The van der Waals surface area contributed by atoms with Gasteiger partial charge in [0.25, 0.3) is 0 Å². The van der Waals surface area contributed by atoms with Crippen LogP contribution in [-0.4, -0.2) is 11.6 Å². The van der Waals surface area contributed by atoms with Gasteiger partial charge in [0.05, 0.1) is 5.57 Å². The number of rotatable bonds is 2. The summed E-state index contributed by atoms with van der Waals surface area (Å²) in [4.78, 5) is 24.8. The number of ketones is 2. The number of hydrogen-bond acceptors (Lipinski definition) is 2. The minimum atomic E-state index is 0.00593. The number of allylic oxidation sites excluding steroid dienone is 2. The molecule has 1 aromatic rings. The highest BCUT2D eigenvalue weighted by molar-refractivity contribution is 6.22. The fourth-order valence-electron chi connectivity index (χ4n) is 2.95. The first-order chi connectivity index (χ1) is 10.2. The Bertz CT molecular complexity index is 610. The van der Waals surface area contributed by atoms with Crippen molar-refractivity contribution in [3.05, 3.63) is 46.5 Å². The molecule has 118 valence electrons. The summed E-state index contributed by atoms with van der Waals surface area (Å²) in [6.45, 7) is 10.4. The summed E-state index contributed by atoms with van der Waals surface area (Å²) in [6.07, 6.45) is 3.51. The quantitative estimate of drug-likeness (QED) is 0.587. The lowest BCUT2D eigenvalue weighted by Crippen LogP contribution is -2.25. The summed E-state index contributed by atoms with van der Waals surface area (Å²) in [5.41, 5.74) is 4.01. The average Bonchev–Trinajstić information content (AvgIpc) is 2.39. The molecule has 0 saturated heterocycles. The lowest BCUT2D eigenvalue weighted by Gasteiger charge is -2.25. The van der Waals surface area contributed by atoms with Crippen molar-refractivity contribution in [2.45, 2.75) is 59.8 Å². The SMILES string of the molecule is Cc1ccc(C)c(C2CC(=O)C(=CCC(C)(C)C)C(=O)C2)c1. The van der Waals surface area contributed by atoms with E-state index in [1.165, 1.54) is 11.1 Å². The molecule has 0 spiro atoms. The molecule has 0 atom stereocenters. The van der Waals surface area contributed by atoms with Crippen molar-refractivity contribution < 1.29 is 9.59 Å². The molecule has 0 aromatic heterocycles. The van der Waals surface area contributed by atoms with E-state index in [1.54, 1.807) is 0 Å². The maximum Gasteiger partial charge on any atom is 0.166 e. The van der Waals surface area contributed by atoms with Crippen molar-refractivity contribution in [1.29, 1.82) is 0 Å². The van der Waals surface area contributed by atoms with Gasteiger partial charge in [-0.05, 0) is 42.7 Å². The molecule has 0 heterocycles. The van der Waals surface area contributed by atoms with Gasteiger partial charge in [0.15, 0.2) is 11.6 Å². The molecule has 0 N–H and O–H groups in total. The summed E-state index contributed by atoms with van der Waals surface area (Å²) in [6, 6.07) is 6.26. The number of carbonyl (C=O) groups excluding carboxylic acids is 2. The number of Topliss-reactive ketones (excluding diaryl/α,β-unsaturated/α-hetero) is 2. The third kappa shape index (κ3) is 3.94. The second-order valence-corrected chi connectivity index (χ2v) is 7.69. The van der Waals surface area contributed by atoms with Gasteiger partial charge in [0, 0.05) is 12.8 Å². The van der Waals surface area contributed by atoms with Crippen LogP contribution in [0.1, 0.15) is 62.6 Å². The Morgan fingerprint density at radius 2 is 1.68 bits per heavy atom. The van der Waals surface area contributed by atoms with Gasteiger partial charge in [0.2, 0.25) is 0 Å². The number of benzene rings is 1. The van der Waals surface area contributed by atoms with E-state index in [4.69, 9.17) is 0 Å². The lowest BCUT2D eigenvalue weighted by atomic mass is 9.77. The van der Waals surface area contributed by atoms with Gasteiger partial charge in [-0.2, -0.15) is 0 Å². The van der Waals surface area contributed by atoms with Crippen LogP contribution in [0.15, 0.2) is 29.8 Å². The lowest BCUT2D eigenvalue weighted by molar-refractivity contribution is -0.124. The standard InChI is InChI=1S/C20H26O2/c1-13-6-7-14(2)17(10-13)15-11-18(21)16(19(22)12-15)8-9-20(3,4)5/h6-8,10,15H,9,11-12H2,1-5H3. The molecule has 0 amide bonds. The average molecular weight is 298 g/mol. The topological polar surface area (TPSA) is 34.1 Å². The van der Waals surface area contributed by atoms with E-state index in [-0.39, 0.29) is 22.9 Å². The molecule has 2 rings (SSSR count). The Kier molecular flexibility index (Phi) is 4.69. The first kappa shape index (κ1) is 16.7. The van der Waals surface area contributed by atoms with Crippen LogP contribution in [-0.2, 0) is 9.59 Å². The second kappa shape index (κ2) is 6.20. The molecular formula is C20H26O2. The molecule has 1 fully saturated rings. The molecule has 2 nitrogen and oxygen atoms in total. The third-order valence-electron chi connectivity index (χ3n) is 4.26. The Hall–Kier alpha value is -1.70. The monoisotopic (exact) mass is 298 g/mol. The van der Waals surface area contributed by atoms with Crippen molar-refractivity contribution in [2.24, 2.45) is 5.41 Å². The van der Waals surface area contributed by atoms with Gasteiger partial charge in [0.1, 0.15) is 0 Å². The molecule has 1 aromatic carbocycles. The summed E-state index contributed by atoms with van der Waals surface area (Å²) in [7, 11) is 0. The van der Waals surface area contributed by atoms with Gasteiger partial charge in [-0.1, -0.05) is 50.6 Å². The highest BCUT2D eigenvalue weighted by Crippen LogP contribution is 2.34. The van der Waals surface area contributed by atoms with Gasteiger partial charge in [-0.25, -0.2) is 0 Å². The number of aryl methyl sites for hydroxylation is 2. The minimum absolute atomic E-state index is 0.00593. The summed E-state index contributed by atoms with van der Waals surface area (Å²) >= 11 is 0. The smallest absolute Gasteiger partial charge is 0.166 e. The predicted octanol–water partition coefficient (Wildman–Crippen LogP) is 4.68. The van der Waals surface area contributed by atoms with E-state index in [0.29, 0.717) is 18.4 Å². The molecule has 1 aliphatic rings. The van der Waals surface area contributed by atoms with Gasteiger partial charge in [-0.3, -0.25) is 9.59 Å². The second-order valence-electron chi connectivity index (χ2n) is 7.69. The van der Waals surface area contributed by atoms with E-state index < -0.39 is 0 Å². The molecule has 1 saturated carbocycles. The summed E-state index contributed by atoms with van der Waals surface area (Å²) in [5, 5.41) is 0. The number of carbonyl (C=O) groups is 2. The van der Waals surface area contributed by atoms with Crippen LogP contribution in [0.2, 0.25) is 0 Å². The van der Waals surface area contributed by atoms with Crippen LogP contribution < -0.4 is 0 Å². The zero-order chi connectivity index (χ0) is 16.5. The fraction of sp³-hybridized carbons (Fsp3) is 0.500. The van der Waals surface area contributed by atoms with Crippen molar-refractivity contribution in [3.63, 3.8) is 0 Å². The molecule has 0 unspecified atom stereocenters. The first-order valence-corrected chi connectivity index (χ1v) is 8.01. The zero-order valence-corrected chi connectivity index (χ0v) is 14.3. The largest absolute Gasteiger partial charge is 0.294 e. The van der Waals surface area contributed by atoms with E-state index >= 15 is 0 Å². The zero-order valence-electron chi connectivity index (χ0n) is 14.3. The highest BCUT2D eigenvalue weighted by Gasteiger charge is 2.32. The van der Waals surface area contributed by atoms with Crippen molar-refractivity contribution >= 4 is 11.6 Å². The van der Waals surface area contributed by atoms with Crippen molar-refractivity contribution in [3.8, 4) is 0 Å². The molecular weight excluding hydrogens is 272 g/mol. The third-order valence-corrected chi connectivity index (χ3v) is 4.26. The minimum Gasteiger partial charge on any atom is -0.294 e. The normalized spacial score (nSPS) is 19.5. The maximum atomic E-state index is 12.4. The van der Waals surface area contributed by atoms with Gasteiger partial charge < -0.3 is 0 Å². The van der Waals surface area contributed by atoms with Crippen LogP contribution in [0.5, 0.6) is 0 Å². The van der Waals surface area contributed by atoms with Crippen LogP contribution >= 0.6 is 0 Å². The molecule has 22 heavy (non-hydrogen) atoms. The van der Waals surface area contributed by atoms with E-state index in [0.717, 1.165) is 12.0 Å². The van der Waals surface area contributed by atoms with Crippen LogP contribution in [0.4, 0.5) is 0 Å². The van der Waals surface area contributed by atoms with E-state index in [9.17, 15) is 9.59 Å². The van der Waals surface area contributed by atoms with Gasteiger partial charge >= 0.3 is 0 Å². The van der Waals surface area contributed by atoms with Crippen LogP contribution in [0.3, 0.4) is 0 Å². The van der Waals surface area contributed by atoms with E-state index in [1.807, 2.05) is 13.0 Å². The van der Waals surface area contributed by atoms with Gasteiger partial charge in [-0.15, -0.1) is 0 Å². The maximum absolute atomic E-state index is 12.4. The molecule has 0 bridgehead atoms. The van der Waals surface area contributed by atoms with Crippen LogP contribution in [0.25, 0.3) is 0 Å². The summed E-state index contributed by atoms with van der Waals surface area (Å²) in [5.74, 6) is 0.0458. The van der Waals surface area contributed by atoms with Crippen molar-refractivity contribution in [2.75, 3.05) is 0 Å². The molecule has 2 heteroatoms. The van der Waals surface area contributed by atoms with E-state index in [2.05, 4.69) is 45.9 Å². The van der Waals surface area contributed by atoms with Crippen LogP contribution in [0, 0.1) is 19.3 Å². The Balaban J connectivity index is 2.22. The highest BCUT2D eigenvalue weighted by atomic mass is 16.1. The Morgan fingerprint density at radius 3 is 2.23 bits per heavy atom. The molecule has 0 aliphatic heterocycles. The Morgan fingerprint density at radius 1 is 1.09 bits per heavy atom. The first-order valence-electron chi connectivity index (χ1n) is 8.01. The molecule has 0 radical (unpaired) electrons. The fourth-order valence-corrected chi connectivity index (χ4v) is 2.95. The summed E-state index contributed by atoms with van der Waals surface area (Å²) < 4.78 is 0.